The molecule has 6 heteroatoms. The number of carbonyl (C=O) groups is 1. The highest BCUT2D eigenvalue weighted by molar-refractivity contribution is 7.20. The molecule has 5 nitrogen and oxygen atoms in total. The Labute approximate surface area is 145 Å². The maximum absolute atomic E-state index is 12.9. The zero-order chi connectivity index (χ0) is 17.3. The summed E-state index contributed by atoms with van der Waals surface area (Å²) in [7, 11) is 3.69. The van der Waals surface area contributed by atoms with Crippen LogP contribution in [0.15, 0.2) is 36.4 Å². The number of benzene rings is 1. The number of aryl methyl sites for hydroxylation is 2. The van der Waals surface area contributed by atoms with Gasteiger partial charge in [-0.25, -0.2) is 0 Å². The summed E-state index contributed by atoms with van der Waals surface area (Å²) < 4.78 is 1.81. The van der Waals surface area contributed by atoms with E-state index in [0.29, 0.717) is 11.3 Å². The highest BCUT2D eigenvalue weighted by Crippen LogP contribution is 2.31. The average Bonchev–Trinajstić information content (AvgIpc) is 3.14. The van der Waals surface area contributed by atoms with Crippen molar-refractivity contribution in [3.05, 3.63) is 52.5 Å². The van der Waals surface area contributed by atoms with Crippen LogP contribution in [-0.2, 0) is 7.05 Å². The standard InChI is InChI=1S/C18H21N3O2S/c1-12-14-11-16(24-18(14)21(3)19-12)17(23)20(2)15(9-10-22)13-7-5-4-6-8-13/h4-8,11,15,22H,9-10H2,1-3H3. The number of thiophene rings is 1. The maximum Gasteiger partial charge on any atom is 0.264 e. The molecule has 0 radical (unpaired) electrons. The van der Waals surface area contributed by atoms with Gasteiger partial charge >= 0.3 is 0 Å². The van der Waals surface area contributed by atoms with E-state index in [9.17, 15) is 9.90 Å². The Hall–Kier alpha value is -2.18. The topological polar surface area (TPSA) is 58.4 Å². The minimum absolute atomic E-state index is 0.0297. The third kappa shape index (κ3) is 2.95. The van der Waals surface area contributed by atoms with Crippen molar-refractivity contribution < 1.29 is 9.90 Å². The highest BCUT2D eigenvalue weighted by atomic mass is 32.1. The molecule has 1 aromatic carbocycles. The van der Waals surface area contributed by atoms with Gasteiger partial charge in [-0.05, 0) is 25.0 Å². The van der Waals surface area contributed by atoms with E-state index in [2.05, 4.69) is 5.10 Å². The minimum Gasteiger partial charge on any atom is -0.396 e. The van der Waals surface area contributed by atoms with Gasteiger partial charge in [-0.15, -0.1) is 11.3 Å². The number of aliphatic hydroxyl groups excluding tert-OH is 1. The third-order valence-electron chi connectivity index (χ3n) is 4.28. The van der Waals surface area contributed by atoms with Crippen molar-refractivity contribution in [3.8, 4) is 0 Å². The van der Waals surface area contributed by atoms with Gasteiger partial charge in [0, 0.05) is 26.1 Å². The van der Waals surface area contributed by atoms with Gasteiger partial charge in [-0.2, -0.15) is 5.10 Å². The van der Waals surface area contributed by atoms with Crippen LogP contribution >= 0.6 is 11.3 Å². The molecule has 0 aliphatic rings. The number of rotatable bonds is 5. The third-order valence-corrected chi connectivity index (χ3v) is 5.47. The van der Waals surface area contributed by atoms with Gasteiger partial charge in [0.05, 0.1) is 16.6 Å². The van der Waals surface area contributed by atoms with Crippen LogP contribution in [0.4, 0.5) is 0 Å². The lowest BCUT2D eigenvalue weighted by molar-refractivity contribution is 0.0710. The summed E-state index contributed by atoms with van der Waals surface area (Å²) in [4.78, 5) is 16.4. The molecule has 3 aromatic rings. The summed E-state index contributed by atoms with van der Waals surface area (Å²) in [5.41, 5.74) is 1.96. The fraction of sp³-hybridized carbons (Fsp3) is 0.333. The van der Waals surface area contributed by atoms with E-state index < -0.39 is 0 Å². The number of hydrogen-bond acceptors (Lipinski definition) is 4. The monoisotopic (exact) mass is 343 g/mol. The molecule has 0 saturated carbocycles. The fourth-order valence-electron chi connectivity index (χ4n) is 3.01. The van der Waals surface area contributed by atoms with Gasteiger partial charge < -0.3 is 10.0 Å². The summed E-state index contributed by atoms with van der Waals surface area (Å²) in [5, 5.41) is 14.8. The Kier molecular flexibility index (Phi) is 4.69. The lowest BCUT2D eigenvalue weighted by Crippen LogP contribution is -2.31. The molecule has 24 heavy (non-hydrogen) atoms. The molecule has 2 heterocycles. The van der Waals surface area contributed by atoms with Crippen molar-refractivity contribution >= 4 is 27.5 Å². The molecule has 1 N–H and O–H groups in total. The van der Waals surface area contributed by atoms with Crippen LogP contribution in [0.25, 0.3) is 10.2 Å². The number of aromatic nitrogens is 2. The number of fused-ring (bicyclic) bond motifs is 1. The van der Waals surface area contributed by atoms with Crippen LogP contribution in [-0.4, -0.2) is 39.3 Å². The molecular formula is C18H21N3O2S. The van der Waals surface area contributed by atoms with Crippen LogP contribution in [0.5, 0.6) is 0 Å². The number of carbonyl (C=O) groups excluding carboxylic acids is 1. The summed E-state index contributed by atoms with van der Waals surface area (Å²) in [6, 6.07) is 11.6. The minimum atomic E-state index is -0.145. The number of hydrogen-bond donors (Lipinski definition) is 1. The molecule has 0 saturated heterocycles. The predicted molar refractivity (Wildman–Crippen MR) is 96.3 cm³/mol. The van der Waals surface area contributed by atoms with Crippen LogP contribution in [0.2, 0.25) is 0 Å². The van der Waals surface area contributed by atoms with Crippen LogP contribution < -0.4 is 0 Å². The van der Waals surface area contributed by atoms with Crippen molar-refractivity contribution in [1.82, 2.24) is 14.7 Å². The second-order valence-corrected chi connectivity index (χ2v) is 6.92. The van der Waals surface area contributed by atoms with Gasteiger partial charge in [0.25, 0.3) is 5.91 Å². The molecule has 126 valence electrons. The van der Waals surface area contributed by atoms with Gasteiger partial charge in [-0.3, -0.25) is 9.48 Å². The first kappa shape index (κ1) is 16.7. The molecule has 1 amide bonds. The molecule has 0 aliphatic carbocycles. The zero-order valence-corrected chi connectivity index (χ0v) is 14.9. The highest BCUT2D eigenvalue weighted by Gasteiger charge is 2.24. The molecule has 3 rings (SSSR count). The second kappa shape index (κ2) is 6.75. The van der Waals surface area contributed by atoms with E-state index >= 15 is 0 Å². The average molecular weight is 343 g/mol. The first-order chi connectivity index (χ1) is 11.5. The summed E-state index contributed by atoms with van der Waals surface area (Å²) >= 11 is 1.46. The fourth-order valence-corrected chi connectivity index (χ4v) is 4.11. The Morgan fingerprint density at radius 3 is 2.71 bits per heavy atom. The van der Waals surface area contributed by atoms with E-state index in [1.807, 2.05) is 55.1 Å². The number of aliphatic hydroxyl groups is 1. The van der Waals surface area contributed by atoms with Crippen LogP contribution in [0, 0.1) is 6.92 Å². The van der Waals surface area contributed by atoms with Crippen molar-refractivity contribution in [2.24, 2.45) is 7.05 Å². The van der Waals surface area contributed by atoms with E-state index in [1.165, 1.54) is 11.3 Å². The largest absolute Gasteiger partial charge is 0.396 e. The Morgan fingerprint density at radius 1 is 1.38 bits per heavy atom. The quantitative estimate of drug-likeness (QED) is 0.774. The van der Waals surface area contributed by atoms with Gasteiger partial charge in [-0.1, -0.05) is 30.3 Å². The molecule has 0 aliphatic heterocycles. The normalized spacial score (nSPS) is 12.5. The SMILES string of the molecule is Cc1nn(C)c2sc(C(=O)N(C)C(CCO)c3ccccc3)cc12. The first-order valence-electron chi connectivity index (χ1n) is 7.89. The van der Waals surface area contributed by atoms with Crippen molar-refractivity contribution in [2.75, 3.05) is 13.7 Å². The predicted octanol–water partition coefficient (Wildman–Crippen LogP) is 3.14. The lowest BCUT2D eigenvalue weighted by atomic mass is 10.0. The first-order valence-corrected chi connectivity index (χ1v) is 8.70. The molecule has 0 fully saturated rings. The molecule has 1 unspecified atom stereocenters. The number of nitrogens with zero attached hydrogens (tertiary/aromatic N) is 3. The van der Waals surface area contributed by atoms with Gasteiger partial charge in [0.2, 0.25) is 0 Å². The van der Waals surface area contributed by atoms with Crippen molar-refractivity contribution in [2.45, 2.75) is 19.4 Å². The smallest absolute Gasteiger partial charge is 0.264 e. The van der Waals surface area contributed by atoms with E-state index in [0.717, 1.165) is 21.5 Å². The summed E-state index contributed by atoms with van der Waals surface area (Å²) in [6.07, 6.45) is 0.512. The molecular weight excluding hydrogens is 322 g/mol. The zero-order valence-electron chi connectivity index (χ0n) is 14.1. The van der Waals surface area contributed by atoms with E-state index in [4.69, 9.17) is 0 Å². The van der Waals surface area contributed by atoms with Crippen LogP contribution in [0.3, 0.4) is 0 Å². The molecule has 0 bridgehead atoms. The van der Waals surface area contributed by atoms with Gasteiger partial charge in [0.1, 0.15) is 4.83 Å². The Bertz CT molecular complexity index is 819. The van der Waals surface area contributed by atoms with E-state index in [1.54, 1.807) is 11.9 Å². The Morgan fingerprint density at radius 2 is 2.08 bits per heavy atom. The van der Waals surface area contributed by atoms with Crippen LogP contribution in [0.1, 0.15) is 33.4 Å². The molecule has 1 atom stereocenters. The Balaban J connectivity index is 1.92. The molecule has 2 aromatic heterocycles. The van der Waals surface area contributed by atoms with Crippen molar-refractivity contribution in [1.29, 1.82) is 0 Å². The molecule has 0 spiro atoms. The maximum atomic E-state index is 12.9. The second-order valence-electron chi connectivity index (χ2n) is 5.89. The van der Waals surface area contributed by atoms with E-state index in [-0.39, 0.29) is 18.6 Å². The van der Waals surface area contributed by atoms with Crippen molar-refractivity contribution in [3.63, 3.8) is 0 Å². The van der Waals surface area contributed by atoms with Gasteiger partial charge in [0.15, 0.2) is 0 Å². The lowest BCUT2D eigenvalue weighted by Gasteiger charge is -2.28. The number of amides is 1. The summed E-state index contributed by atoms with van der Waals surface area (Å²) in [5.74, 6) is -0.0297. The summed E-state index contributed by atoms with van der Waals surface area (Å²) in [6.45, 7) is 1.98.